The van der Waals surface area contributed by atoms with Gasteiger partial charge in [0.25, 0.3) is 0 Å². The minimum absolute atomic E-state index is 0.0996. The molecule has 0 bridgehead atoms. The number of rotatable bonds is 7. The maximum Gasteiger partial charge on any atom is 0.320 e. The van der Waals surface area contributed by atoms with Crippen molar-refractivity contribution in [2.45, 2.75) is 32.2 Å². The molecule has 0 amide bonds. The van der Waals surface area contributed by atoms with E-state index < -0.39 is 0 Å². The zero-order chi connectivity index (χ0) is 12.8. The summed E-state index contributed by atoms with van der Waals surface area (Å²) in [5, 5.41) is 0. The summed E-state index contributed by atoms with van der Waals surface area (Å²) in [6.45, 7) is 3.69. The summed E-state index contributed by atoms with van der Waals surface area (Å²) < 4.78 is 5.02. The first-order valence-electron chi connectivity index (χ1n) is 6.73. The molecule has 0 N–H and O–H groups in total. The van der Waals surface area contributed by atoms with Crippen LogP contribution in [0.15, 0.2) is 30.3 Å². The average Bonchev–Trinajstić information content (AvgIpc) is 3.20. The van der Waals surface area contributed by atoms with Crippen molar-refractivity contribution in [3.05, 3.63) is 35.9 Å². The smallest absolute Gasteiger partial charge is 0.320 e. The lowest BCUT2D eigenvalue weighted by Crippen LogP contribution is -2.34. The van der Waals surface area contributed by atoms with E-state index in [0.717, 1.165) is 13.0 Å². The highest BCUT2D eigenvalue weighted by molar-refractivity contribution is 5.71. The molecule has 0 atom stereocenters. The monoisotopic (exact) mass is 247 g/mol. The van der Waals surface area contributed by atoms with Crippen molar-refractivity contribution in [2.24, 2.45) is 0 Å². The zero-order valence-electron chi connectivity index (χ0n) is 11.0. The third-order valence-electron chi connectivity index (χ3n) is 3.23. The van der Waals surface area contributed by atoms with Crippen molar-refractivity contribution in [2.75, 3.05) is 19.7 Å². The number of carbonyl (C=O) groups excluding carboxylic acids is 1. The molecule has 0 spiro atoms. The molecule has 0 radical (unpaired) electrons. The highest BCUT2D eigenvalue weighted by atomic mass is 16.5. The van der Waals surface area contributed by atoms with Gasteiger partial charge in [0.15, 0.2) is 0 Å². The van der Waals surface area contributed by atoms with Gasteiger partial charge in [-0.3, -0.25) is 9.69 Å². The van der Waals surface area contributed by atoms with Crippen LogP contribution in [0.3, 0.4) is 0 Å². The van der Waals surface area contributed by atoms with Gasteiger partial charge in [-0.15, -0.1) is 0 Å². The van der Waals surface area contributed by atoms with E-state index in [0.29, 0.717) is 19.2 Å². The van der Waals surface area contributed by atoms with Crippen molar-refractivity contribution in [1.82, 2.24) is 4.90 Å². The summed E-state index contributed by atoms with van der Waals surface area (Å²) in [6, 6.07) is 11.0. The van der Waals surface area contributed by atoms with E-state index in [1.807, 2.05) is 13.0 Å². The number of ether oxygens (including phenoxy) is 1. The molecule has 1 aliphatic carbocycles. The Kier molecular flexibility index (Phi) is 4.76. The second kappa shape index (κ2) is 6.55. The Hall–Kier alpha value is -1.35. The summed E-state index contributed by atoms with van der Waals surface area (Å²) in [6.07, 6.45) is 3.43. The van der Waals surface area contributed by atoms with Crippen LogP contribution in [-0.2, 0) is 16.0 Å². The molecule has 2 rings (SSSR count). The second-order valence-electron chi connectivity index (χ2n) is 4.74. The van der Waals surface area contributed by atoms with E-state index >= 15 is 0 Å². The van der Waals surface area contributed by atoms with Gasteiger partial charge < -0.3 is 4.74 Å². The topological polar surface area (TPSA) is 29.5 Å². The predicted molar refractivity (Wildman–Crippen MR) is 71.4 cm³/mol. The molecule has 98 valence electrons. The standard InChI is InChI=1S/C15H21NO2/c1-2-18-15(17)12-16(14-8-9-14)11-10-13-6-4-3-5-7-13/h3-7,14H,2,8-12H2,1H3. The van der Waals surface area contributed by atoms with Gasteiger partial charge in [0.1, 0.15) is 0 Å². The quantitative estimate of drug-likeness (QED) is 0.692. The van der Waals surface area contributed by atoms with Crippen LogP contribution in [0.2, 0.25) is 0 Å². The van der Waals surface area contributed by atoms with Crippen LogP contribution in [0.4, 0.5) is 0 Å². The van der Waals surface area contributed by atoms with Gasteiger partial charge in [0.2, 0.25) is 0 Å². The van der Waals surface area contributed by atoms with Crippen molar-refractivity contribution >= 4 is 5.97 Å². The van der Waals surface area contributed by atoms with Crippen LogP contribution < -0.4 is 0 Å². The fourth-order valence-corrected chi connectivity index (χ4v) is 2.12. The Morgan fingerprint density at radius 3 is 2.67 bits per heavy atom. The minimum atomic E-state index is -0.0996. The summed E-state index contributed by atoms with van der Waals surface area (Å²) in [5.41, 5.74) is 1.33. The van der Waals surface area contributed by atoms with Gasteiger partial charge in [-0.25, -0.2) is 0 Å². The first-order valence-corrected chi connectivity index (χ1v) is 6.73. The van der Waals surface area contributed by atoms with Gasteiger partial charge in [-0.05, 0) is 31.7 Å². The van der Waals surface area contributed by atoms with Gasteiger partial charge >= 0.3 is 5.97 Å². The molecular weight excluding hydrogens is 226 g/mol. The molecule has 1 aromatic rings. The van der Waals surface area contributed by atoms with Crippen molar-refractivity contribution in [3.63, 3.8) is 0 Å². The number of hydrogen-bond donors (Lipinski definition) is 0. The molecule has 0 aliphatic heterocycles. The molecule has 0 aromatic heterocycles. The zero-order valence-corrected chi connectivity index (χ0v) is 11.0. The van der Waals surface area contributed by atoms with Crippen molar-refractivity contribution in [1.29, 1.82) is 0 Å². The summed E-state index contributed by atoms with van der Waals surface area (Å²) in [5.74, 6) is -0.0996. The number of carbonyl (C=O) groups is 1. The lowest BCUT2D eigenvalue weighted by molar-refractivity contribution is -0.144. The Labute approximate surface area is 109 Å². The molecule has 1 aliphatic rings. The van der Waals surface area contributed by atoms with E-state index in [2.05, 4.69) is 29.2 Å². The van der Waals surface area contributed by atoms with Crippen LogP contribution in [0, 0.1) is 0 Å². The van der Waals surface area contributed by atoms with Gasteiger partial charge in [0.05, 0.1) is 13.2 Å². The molecule has 3 nitrogen and oxygen atoms in total. The summed E-state index contributed by atoms with van der Waals surface area (Å²) in [7, 11) is 0. The van der Waals surface area contributed by atoms with E-state index in [-0.39, 0.29) is 5.97 Å². The molecule has 18 heavy (non-hydrogen) atoms. The van der Waals surface area contributed by atoms with Crippen LogP contribution >= 0.6 is 0 Å². The summed E-state index contributed by atoms with van der Waals surface area (Å²) >= 11 is 0. The van der Waals surface area contributed by atoms with E-state index in [9.17, 15) is 4.79 Å². The van der Waals surface area contributed by atoms with Gasteiger partial charge in [0, 0.05) is 12.6 Å². The molecule has 1 fully saturated rings. The predicted octanol–water partition coefficient (Wildman–Crippen LogP) is 2.26. The largest absolute Gasteiger partial charge is 0.465 e. The maximum atomic E-state index is 11.5. The van der Waals surface area contributed by atoms with Crippen LogP contribution in [0.25, 0.3) is 0 Å². The lowest BCUT2D eigenvalue weighted by atomic mass is 10.1. The van der Waals surface area contributed by atoms with Crippen LogP contribution in [0.1, 0.15) is 25.3 Å². The average molecular weight is 247 g/mol. The third-order valence-corrected chi connectivity index (χ3v) is 3.23. The number of nitrogens with zero attached hydrogens (tertiary/aromatic N) is 1. The minimum Gasteiger partial charge on any atom is -0.465 e. The first-order chi connectivity index (χ1) is 8.79. The van der Waals surface area contributed by atoms with Gasteiger partial charge in [-0.2, -0.15) is 0 Å². The molecule has 0 heterocycles. The van der Waals surface area contributed by atoms with Crippen molar-refractivity contribution in [3.8, 4) is 0 Å². The first kappa shape index (κ1) is 13.1. The Balaban J connectivity index is 1.81. The number of hydrogen-bond acceptors (Lipinski definition) is 3. The Morgan fingerprint density at radius 2 is 2.06 bits per heavy atom. The lowest BCUT2D eigenvalue weighted by Gasteiger charge is -2.20. The SMILES string of the molecule is CCOC(=O)CN(CCc1ccccc1)C1CC1. The van der Waals surface area contributed by atoms with Gasteiger partial charge in [-0.1, -0.05) is 30.3 Å². The Bertz CT molecular complexity index is 373. The molecular formula is C15H21NO2. The van der Waals surface area contributed by atoms with E-state index in [1.54, 1.807) is 0 Å². The van der Waals surface area contributed by atoms with Crippen molar-refractivity contribution < 1.29 is 9.53 Å². The highest BCUT2D eigenvalue weighted by Crippen LogP contribution is 2.26. The molecule has 3 heteroatoms. The number of esters is 1. The van der Waals surface area contributed by atoms with Crippen LogP contribution in [0.5, 0.6) is 0 Å². The highest BCUT2D eigenvalue weighted by Gasteiger charge is 2.30. The maximum absolute atomic E-state index is 11.5. The Morgan fingerprint density at radius 1 is 1.33 bits per heavy atom. The molecule has 1 aromatic carbocycles. The fraction of sp³-hybridized carbons (Fsp3) is 0.533. The second-order valence-corrected chi connectivity index (χ2v) is 4.74. The molecule has 0 saturated heterocycles. The van der Waals surface area contributed by atoms with E-state index in [4.69, 9.17) is 4.74 Å². The fourth-order valence-electron chi connectivity index (χ4n) is 2.12. The molecule has 0 unspecified atom stereocenters. The third kappa shape index (κ3) is 4.15. The molecule has 1 saturated carbocycles. The number of benzene rings is 1. The van der Waals surface area contributed by atoms with Crippen LogP contribution in [-0.4, -0.2) is 36.6 Å². The normalized spacial score (nSPS) is 14.8. The summed E-state index contributed by atoms with van der Waals surface area (Å²) in [4.78, 5) is 13.8. The van der Waals surface area contributed by atoms with E-state index in [1.165, 1.54) is 18.4 Å².